The van der Waals surface area contributed by atoms with Crippen molar-refractivity contribution in [2.75, 3.05) is 19.6 Å². The minimum atomic E-state index is -1.54. The summed E-state index contributed by atoms with van der Waals surface area (Å²) in [4.78, 5) is 74.6. The fourth-order valence-corrected chi connectivity index (χ4v) is 3.54. The second kappa shape index (κ2) is 14.4. The van der Waals surface area contributed by atoms with Gasteiger partial charge in [-0.25, -0.2) is 0 Å². The SMILES string of the molecule is NCCCC[C@H]1NC(=O)CNC(=O)CNC(=O)[C@@H](CC(=O)O)NC(=O)[C@H](Cc2ccc(O)cc2)NC1=O. The van der Waals surface area contributed by atoms with E-state index in [1.165, 1.54) is 24.3 Å². The predicted molar refractivity (Wildman–Crippen MR) is 129 cm³/mol. The van der Waals surface area contributed by atoms with Crippen LogP contribution < -0.4 is 32.3 Å². The molecule has 1 aromatic rings. The van der Waals surface area contributed by atoms with Gasteiger partial charge in [-0.3, -0.25) is 28.8 Å². The van der Waals surface area contributed by atoms with E-state index < -0.39 is 73.1 Å². The molecule has 1 aliphatic rings. The lowest BCUT2D eigenvalue weighted by Crippen LogP contribution is -2.57. The predicted octanol–water partition coefficient (Wildman–Crippen LogP) is -2.76. The molecule has 14 nitrogen and oxygen atoms in total. The number of amides is 5. The molecule has 1 aromatic carbocycles. The van der Waals surface area contributed by atoms with E-state index in [-0.39, 0.29) is 18.6 Å². The van der Waals surface area contributed by atoms with Crippen LogP contribution in [0.25, 0.3) is 0 Å². The number of hydrogen-bond acceptors (Lipinski definition) is 8. The fourth-order valence-electron chi connectivity index (χ4n) is 3.54. The highest BCUT2D eigenvalue weighted by Gasteiger charge is 2.31. The van der Waals surface area contributed by atoms with Crippen LogP contribution in [0.4, 0.5) is 0 Å². The zero-order valence-corrected chi connectivity index (χ0v) is 20.1. The monoisotopic (exact) mass is 520 g/mol. The largest absolute Gasteiger partial charge is 0.508 e. The van der Waals surface area contributed by atoms with Gasteiger partial charge < -0.3 is 42.5 Å². The normalized spacial score (nSPS) is 21.9. The second-order valence-corrected chi connectivity index (χ2v) is 8.49. The van der Waals surface area contributed by atoms with Gasteiger partial charge in [0.1, 0.15) is 23.9 Å². The minimum absolute atomic E-state index is 0.0108. The van der Waals surface area contributed by atoms with Gasteiger partial charge >= 0.3 is 5.97 Å². The molecule has 0 unspecified atom stereocenters. The number of carbonyl (C=O) groups is 6. The first-order valence-corrected chi connectivity index (χ1v) is 11.7. The summed E-state index contributed by atoms with van der Waals surface area (Å²) < 4.78 is 0. The molecule has 0 saturated carbocycles. The zero-order valence-electron chi connectivity index (χ0n) is 20.1. The minimum Gasteiger partial charge on any atom is -0.508 e. The highest BCUT2D eigenvalue weighted by molar-refractivity contribution is 5.97. The summed E-state index contributed by atoms with van der Waals surface area (Å²) in [6.07, 6.45) is 0.440. The number of benzene rings is 1. The number of aliphatic carboxylic acids is 1. The third kappa shape index (κ3) is 10.1. The molecule has 14 heteroatoms. The topological polar surface area (TPSA) is 229 Å². The number of nitrogens with one attached hydrogen (secondary N) is 5. The summed E-state index contributed by atoms with van der Waals surface area (Å²) in [5.41, 5.74) is 6.07. The van der Waals surface area contributed by atoms with Crippen molar-refractivity contribution in [2.24, 2.45) is 5.73 Å². The molecular weight excluding hydrogens is 488 g/mol. The van der Waals surface area contributed by atoms with E-state index in [1.807, 2.05) is 0 Å². The first kappa shape index (κ1) is 29.0. The van der Waals surface area contributed by atoms with Crippen LogP contribution in [-0.4, -0.2) is 83.5 Å². The van der Waals surface area contributed by atoms with Crippen LogP contribution in [0, 0.1) is 0 Å². The van der Waals surface area contributed by atoms with E-state index in [0.717, 1.165) is 0 Å². The molecule has 2 rings (SSSR count). The Balaban J connectivity index is 2.37. The van der Waals surface area contributed by atoms with Crippen molar-refractivity contribution in [1.82, 2.24) is 26.6 Å². The van der Waals surface area contributed by atoms with E-state index in [0.29, 0.717) is 24.9 Å². The second-order valence-electron chi connectivity index (χ2n) is 8.49. The Bertz CT molecular complexity index is 999. The Morgan fingerprint density at radius 2 is 1.43 bits per heavy atom. The highest BCUT2D eigenvalue weighted by Crippen LogP contribution is 2.12. The number of phenolic OH excluding ortho intramolecular Hbond substituents is 1. The van der Waals surface area contributed by atoms with Crippen molar-refractivity contribution in [3.63, 3.8) is 0 Å². The molecule has 1 fully saturated rings. The summed E-state index contributed by atoms with van der Waals surface area (Å²) in [6.45, 7) is -0.662. The van der Waals surface area contributed by atoms with Crippen molar-refractivity contribution >= 4 is 35.5 Å². The van der Waals surface area contributed by atoms with E-state index in [2.05, 4.69) is 26.6 Å². The van der Waals surface area contributed by atoms with Crippen molar-refractivity contribution in [3.05, 3.63) is 29.8 Å². The first-order chi connectivity index (χ1) is 17.6. The van der Waals surface area contributed by atoms with Crippen LogP contribution >= 0.6 is 0 Å². The number of unbranched alkanes of at least 4 members (excludes halogenated alkanes) is 1. The fraction of sp³-hybridized carbons (Fsp3) is 0.478. The van der Waals surface area contributed by atoms with Gasteiger partial charge in [-0.1, -0.05) is 12.1 Å². The molecule has 0 aliphatic carbocycles. The number of carbonyl (C=O) groups excluding carboxylic acids is 5. The van der Waals surface area contributed by atoms with Gasteiger partial charge in [-0.2, -0.15) is 0 Å². The van der Waals surface area contributed by atoms with Crippen molar-refractivity contribution in [2.45, 2.75) is 50.2 Å². The average Bonchev–Trinajstić information content (AvgIpc) is 2.85. The smallest absolute Gasteiger partial charge is 0.305 e. The molecule has 0 radical (unpaired) electrons. The van der Waals surface area contributed by atoms with Crippen molar-refractivity contribution in [1.29, 1.82) is 0 Å². The quantitative estimate of drug-likeness (QED) is 0.166. The van der Waals surface area contributed by atoms with Crippen LogP contribution in [0.15, 0.2) is 24.3 Å². The molecular formula is C23H32N6O8. The molecule has 3 atom stereocenters. The summed E-state index contributed by atoms with van der Waals surface area (Å²) in [5, 5.41) is 30.7. The number of aromatic hydroxyl groups is 1. The third-order valence-electron chi connectivity index (χ3n) is 5.49. The van der Waals surface area contributed by atoms with Gasteiger partial charge in [0.15, 0.2) is 0 Å². The van der Waals surface area contributed by atoms with E-state index in [4.69, 9.17) is 5.73 Å². The Hall–Kier alpha value is -4.20. The van der Waals surface area contributed by atoms with Gasteiger partial charge in [0.05, 0.1) is 19.5 Å². The van der Waals surface area contributed by atoms with E-state index in [9.17, 15) is 39.0 Å². The summed E-state index contributed by atoms with van der Waals surface area (Å²) in [6, 6.07) is 1.99. The molecule has 1 heterocycles. The molecule has 0 spiro atoms. The maximum absolute atomic E-state index is 13.2. The molecule has 0 aromatic heterocycles. The number of rotatable bonds is 8. The standard InChI is InChI=1S/C23H32N6O8/c24-8-2-1-3-15-22(36)28-16(9-13-4-6-14(30)7-5-13)23(37)29-17(10-20(33)34)21(35)26-11-18(31)25-12-19(32)27-15/h4-7,15-17,30H,1-3,8-12,24H2,(H,25,31)(H,26,35)(H,27,32)(H,28,36)(H,29,37)(H,33,34)/t15-,16+,17-/m1/s1. The van der Waals surface area contributed by atoms with E-state index in [1.54, 1.807) is 0 Å². The van der Waals surface area contributed by atoms with Gasteiger partial charge in [-0.15, -0.1) is 0 Å². The first-order valence-electron chi connectivity index (χ1n) is 11.7. The maximum atomic E-state index is 13.2. The molecule has 37 heavy (non-hydrogen) atoms. The van der Waals surface area contributed by atoms with Crippen LogP contribution in [0.1, 0.15) is 31.2 Å². The Kier molecular flexibility index (Phi) is 11.3. The van der Waals surface area contributed by atoms with Crippen LogP contribution in [0.3, 0.4) is 0 Å². The van der Waals surface area contributed by atoms with Crippen molar-refractivity contribution in [3.8, 4) is 5.75 Å². The lowest BCUT2D eigenvalue weighted by atomic mass is 10.0. The lowest BCUT2D eigenvalue weighted by molar-refractivity contribution is -0.141. The van der Waals surface area contributed by atoms with Crippen molar-refractivity contribution < 1.29 is 39.0 Å². The third-order valence-corrected chi connectivity index (χ3v) is 5.49. The average molecular weight is 521 g/mol. The summed E-state index contributed by atoms with van der Waals surface area (Å²) in [5.74, 6) is -5.25. The van der Waals surface area contributed by atoms with Gasteiger partial charge in [0.25, 0.3) is 0 Å². The summed E-state index contributed by atoms with van der Waals surface area (Å²) >= 11 is 0. The molecule has 202 valence electrons. The maximum Gasteiger partial charge on any atom is 0.305 e. The number of hydrogen-bond donors (Lipinski definition) is 8. The number of phenols is 1. The molecule has 0 bridgehead atoms. The van der Waals surface area contributed by atoms with Crippen LogP contribution in [0.2, 0.25) is 0 Å². The van der Waals surface area contributed by atoms with Crippen LogP contribution in [0.5, 0.6) is 5.75 Å². The molecule has 5 amide bonds. The number of carboxylic acid groups (broad SMARTS) is 1. The molecule has 9 N–H and O–H groups in total. The van der Waals surface area contributed by atoms with E-state index >= 15 is 0 Å². The van der Waals surface area contributed by atoms with Gasteiger partial charge in [0, 0.05) is 6.42 Å². The summed E-state index contributed by atoms with van der Waals surface area (Å²) in [7, 11) is 0. The molecule has 1 saturated heterocycles. The van der Waals surface area contributed by atoms with Gasteiger partial charge in [-0.05, 0) is 43.5 Å². The Morgan fingerprint density at radius 1 is 0.811 bits per heavy atom. The van der Waals surface area contributed by atoms with Crippen LogP contribution in [-0.2, 0) is 35.2 Å². The zero-order chi connectivity index (χ0) is 27.4. The molecule has 1 aliphatic heterocycles. The van der Waals surface area contributed by atoms with Gasteiger partial charge in [0.2, 0.25) is 29.5 Å². The Labute approximate surface area is 212 Å². The lowest BCUT2D eigenvalue weighted by Gasteiger charge is -2.25. The number of carboxylic acids is 1. The Morgan fingerprint density at radius 3 is 2.08 bits per heavy atom. The number of nitrogens with two attached hydrogens (primary N) is 1. The highest BCUT2D eigenvalue weighted by atomic mass is 16.4.